The van der Waals surface area contributed by atoms with E-state index >= 15 is 0 Å². The van der Waals surface area contributed by atoms with Gasteiger partial charge in [-0.2, -0.15) is 5.26 Å². The second kappa shape index (κ2) is 5.23. The fraction of sp³-hybridized carbons (Fsp3) is 0.154. The molecule has 0 saturated heterocycles. The largest absolute Gasteiger partial charge is 0.381 e. The Morgan fingerprint density at radius 2 is 2.24 bits per heavy atom. The van der Waals surface area contributed by atoms with Gasteiger partial charge in [0, 0.05) is 29.0 Å². The van der Waals surface area contributed by atoms with Gasteiger partial charge in [0.05, 0.1) is 0 Å². The highest BCUT2D eigenvalue weighted by Crippen LogP contribution is 2.14. The molecule has 2 rings (SSSR count). The zero-order chi connectivity index (χ0) is 12.3. The van der Waals surface area contributed by atoms with Crippen LogP contribution >= 0.6 is 22.6 Å². The van der Waals surface area contributed by atoms with Gasteiger partial charge in [-0.25, -0.2) is 0 Å². The lowest BCUT2D eigenvalue weighted by atomic mass is 10.3. The van der Waals surface area contributed by atoms with Gasteiger partial charge in [-0.3, -0.25) is 0 Å². The van der Waals surface area contributed by atoms with Crippen molar-refractivity contribution in [2.24, 2.45) is 7.05 Å². The van der Waals surface area contributed by atoms with Gasteiger partial charge < -0.3 is 9.88 Å². The summed E-state index contributed by atoms with van der Waals surface area (Å²) >= 11 is 2.29. The van der Waals surface area contributed by atoms with Gasteiger partial charge in [-0.05, 0) is 52.4 Å². The summed E-state index contributed by atoms with van der Waals surface area (Å²) in [5.74, 6) is 0. The van der Waals surface area contributed by atoms with Crippen LogP contribution in [0, 0.1) is 14.9 Å². The molecule has 0 amide bonds. The molecule has 0 fully saturated rings. The Kier molecular flexibility index (Phi) is 3.69. The van der Waals surface area contributed by atoms with Crippen LogP contribution in [0.15, 0.2) is 36.5 Å². The molecule has 0 radical (unpaired) electrons. The molecule has 0 spiro atoms. The molecular formula is C13H12IN3. The maximum Gasteiger partial charge on any atom is 0.120 e. The Labute approximate surface area is 114 Å². The first kappa shape index (κ1) is 12.0. The summed E-state index contributed by atoms with van der Waals surface area (Å²) in [6.45, 7) is 0.732. The molecule has 2 aromatic rings. The minimum Gasteiger partial charge on any atom is -0.381 e. The van der Waals surface area contributed by atoms with Crippen LogP contribution in [0.1, 0.15) is 11.3 Å². The molecule has 0 bridgehead atoms. The van der Waals surface area contributed by atoms with Crippen LogP contribution in [0.5, 0.6) is 0 Å². The van der Waals surface area contributed by atoms with Crippen LogP contribution in [0.2, 0.25) is 0 Å². The number of hydrogen-bond acceptors (Lipinski definition) is 2. The maximum absolute atomic E-state index is 8.86. The summed E-state index contributed by atoms with van der Waals surface area (Å²) in [6, 6.07) is 12.3. The SMILES string of the molecule is Cn1cc(CNc2cccc(I)c2)cc1C#N. The van der Waals surface area contributed by atoms with Crippen molar-refractivity contribution in [1.82, 2.24) is 4.57 Å². The number of halogens is 1. The van der Waals surface area contributed by atoms with E-state index in [1.54, 1.807) is 0 Å². The zero-order valence-electron chi connectivity index (χ0n) is 9.44. The standard InChI is InChI=1S/C13H12IN3/c1-17-9-10(5-13(17)7-15)8-16-12-4-2-3-11(14)6-12/h2-6,9,16H,8H2,1H3. The molecule has 0 aliphatic rings. The van der Waals surface area contributed by atoms with Crippen molar-refractivity contribution in [2.75, 3.05) is 5.32 Å². The van der Waals surface area contributed by atoms with E-state index < -0.39 is 0 Å². The van der Waals surface area contributed by atoms with Crippen LogP contribution in [0.4, 0.5) is 5.69 Å². The van der Waals surface area contributed by atoms with E-state index in [1.807, 2.05) is 36.0 Å². The smallest absolute Gasteiger partial charge is 0.120 e. The molecular weight excluding hydrogens is 325 g/mol. The molecule has 0 aliphatic carbocycles. The normalized spacial score (nSPS) is 9.94. The third kappa shape index (κ3) is 3.01. The summed E-state index contributed by atoms with van der Waals surface area (Å²) in [4.78, 5) is 0. The van der Waals surface area contributed by atoms with Crippen molar-refractivity contribution < 1.29 is 0 Å². The Morgan fingerprint density at radius 3 is 2.88 bits per heavy atom. The molecule has 0 unspecified atom stereocenters. The molecule has 1 N–H and O–H groups in total. The van der Waals surface area contributed by atoms with E-state index in [-0.39, 0.29) is 0 Å². The lowest BCUT2D eigenvalue weighted by Crippen LogP contribution is -1.98. The Hall–Kier alpha value is -1.48. The van der Waals surface area contributed by atoms with Crippen LogP contribution in [-0.4, -0.2) is 4.57 Å². The second-order valence-corrected chi connectivity index (χ2v) is 5.07. The van der Waals surface area contributed by atoms with Crippen molar-refractivity contribution >= 4 is 28.3 Å². The van der Waals surface area contributed by atoms with E-state index in [9.17, 15) is 0 Å². The van der Waals surface area contributed by atoms with Gasteiger partial charge in [0.25, 0.3) is 0 Å². The number of benzene rings is 1. The van der Waals surface area contributed by atoms with Crippen LogP contribution in [-0.2, 0) is 13.6 Å². The first-order chi connectivity index (χ1) is 8.19. The van der Waals surface area contributed by atoms with Crippen molar-refractivity contribution in [2.45, 2.75) is 6.54 Å². The van der Waals surface area contributed by atoms with Gasteiger partial charge in [0.2, 0.25) is 0 Å². The molecule has 0 saturated carbocycles. The molecule has 1 heterocycles. The fourth-order valence-electron chi connectivity index (χ4n) is 1.64. The number of hydrogen-bond donors (Lipinski definition) is 1. The molecule has 0 atom stereocenters. The first-order valence-electron chi connectivity index (χ1n) is 5.24. The molecule has 3 nitrogen and oxygen atoms in total. The highest BCUT2D eigenvalue weighted by atomic mass is 127. The number of anilines is 1. The second-order valence-electron chi connectivity index (χ2n) is 3.82. The molecule has 4 heteroatoms. The number of nitrogens with zero attached hydrogens (tertiary/aromatic N) is 2. The van der Waals surface area contributed by atoms with Crippen LogP contribution in [0.3, 0.4) is 0 Å². The number of nitriles is 1. The van der Waals surface area contributed by atoms with Gasteiger partial charge >= 0.3 is 0 Å². The molecule has 1 aromatic carbocycles. The minimum absolute atomic E-state index is 0.685. The van der Waals surface area contributed by atoms with E-state index in [0.29, 0.717) is 5.69 Å². The lowest BCUT2D eigenvalue weighted by molar-refractivity contribution is 0.902. The average molecular weight is 337 g/mol. The lowest BCUT2D eigenvalue weighted by Gasteiger charge is -2.04. The van der Waals surface area contributed by atoms with Crippen molar-refractivity contribution in [3.05, 3.63) is 51.4 Å². The van der Waals surface area contributed by atoms with Crippen LogP contribution in [0.25, 0.3) is 0 Å². The van der Waals surface area contributed by atoms with Gasteiger partial charge in [-0.15, -0.1) is 0 Å². The Morgan fingerprint density at radius 1 is 1.41 bits per heavy atom. The average Bonchev–Trinajstić information content (AvgIpc) is 2.67. The highest BCUT2D eigenvalue weighted by molar-refractivity contribution is 14.1. The quantitative estimate of drug-likeness (QED) is 0.875. The monoisotopic (exact) mass is 337 g/mol. The molecule has 17 heavy (non-hydrogen) atoms. The molecule has 86 valence electrons. The van der Waals surface area contributed by atoms with Gasteiger partial charge in [-0.1, -0.05) is 6.07 Å². The number of aromatic nitrogens is 1. The minimum atomic E-state index is 0.685. The molecule has 0 aliphatic heterocycles. The summed E-state index contributed by atoms with van der Waals surface area (Å²) < 4.78 is 3.05. The number of rotatable bonds is 3. The third-order valence-corrected chi connectivity index (χ3v) is 3.17. The van der Waals surface area contributed by atoms with E-state index in [0.717, 1.165) is 17.8 Å². The Balaban J connectivity index is 2.05. The van der Waals surface area contributed by atoms with Crippen molar-refractivity contribution in [3.8, 4) is 6.07 Å². The third-order valence-electron chi connectivity index (χ3n) is 2.50. The van der Waals surface area contributed by atoms with E-state index in [1.165, 1.54) is 3.57 Å². The topological polar surface area (TPSA) is 40.8 Å². The van der Waals surface area contributed by atoms with Crippen molar-refractivity contribution in [1.29, 1.82) is 5.26 Å². The van der Waals surface area contributed by atoms with Gasteiger partial charge in [0.15, 0.2) is 0 Å². The zero-order valence-corrected chi connectivity index (χ0v) is 11.6. The predicted octanol–water partition coefficient (Wildman–Crippen LogP) is 3.11. The first-order valence-corrected chi connectivity index (χ1v) is 6.31. The summed E-state index contributed by atoms with van der Waals surface area (Å²) in [7, 11) is 1.88. The highest BCUT2D eigenvalue weighted by Gasteiger charge is 2.01. The fourth-order valence-corrected chi connectivity index (χ4v) is 2.19. The van der Waals surface area contributed by atoms with E-state index in [2.05, 4.69) is 46.1 Å². The maximum atomic E-state index is 8.86. The number of nitrogens with one attached hydrogen (secondary N) is 1. The number of aryl methyl sites for hydroxylation is 1. The predicted molar refractivity (Wildman–Crippen MR) is 76.6 cm³/mol. The van der Waals surface area contributed by atoms with Crippen LogP contribution < -0.4 is 5.32 Å². The van der Waals surface area contributed by atoms with Gasteiger partial charge in [0.1, 0.15) is 11.8 Å². The summed E-state index contributed by atoms with van der Waals surface area (Å²) in [5, 5.41) is 12.2. The summed E-state index contributed by atoms with van der Waals surface area (Å²) in [6.07, 6.45) is 1.97. The Bertz CT molecular complexity index is 566. The molecule has 1 aromatic heterocycles. The summed E-state index contributed by atoms with van der Waals surface area (Å²) in [5.41, 5.74) is 2.90. The van der Waals surface area contributed by atoms with Crippen molar-refractivity contribution in [3.63, 3.8) is 0 Å². The van der Waals surface area contributed by atoms with E-state index in [4.69, 9.17) is 5.26 Å².